The predicted molar refractivity (Wildman–Crippen MR) is 75.4 cm³/mol. The molecule has 2 heteroatoms. The molecule has 2 nitrogen and oxygen atoms in total. The molecule has 0 atom stereocenters. The molecule has 0 aromatic heterocycles. The van der Waals surface area contributed by atoms with E-state index >= 15 is 0 Å². The van der Waals surface area contributed by atoms with Crippen LogP contribution in [-0.4, -0.2) is 12.9 Å². The van der Waals surface area contributed by atoms with E-state index in [0.717, 1.165) is 34.4 Å². The zero-order chi connectivity index (χ0) is 13.2. The lowest BCUT2D eigenvalue weighted by atomic mass is 10.1. The van der Waals surface area contributed by atoms with Gasteiger partial charge in [0.05, 0.1) is 7.11 Å². The zero-order valence-corrected chi connectivity index (χ0v) is 10.7. The number of carbonyl (C=O) groups is 1. The SMILES string of the molecule is COc1ccc(/C=C2/Cc3ccccc3C2=O)cc1. The van der Waals surface area contributed by atoms with Gasteiger partial charge in [0, 0.05) is 17.6 Å². The fraction of sp³-hybridized carbons (Fsp3) is 0.118. The van der Waals surface area contributed by atoms with Gasteiger partial charge in [-0.25, -0.2) is 0 Å². The molecule has 0 saturated carbocycles. The summed E-state index contributed by atoms with van der Waals surface area (Å²) in [6, 6.07) is 15.5. The van der Waals surface area contributed by atoms with Gasteiger partial charge < -0.3 is 4.74 Å². The number of rotatable bonds is 2. The van der Waals surface area contributed by atoms with Crippen LogP contribution in [0.5, 0.6) is 5.75 Å². The van der Waals surface area contributed by atoms with Crippen LogP contribution in [0.4, 0.5) is 0 Å². The molecule has 0 heterocycles. The molecule has 0 amide bonds. The van der Waals surface area contributed by atoms with Crippen molar-refractivity contribution in [1.29, 1.82) is 0 Å². The molecule has 1 aliphatic rings. The molecule has 0 saturated heterocycles. The van der Waals surface area contributed by atoms with E-state index in [1.165, 1.54) is 0 Å². The van der Waals surface area contributed by atoms with Crippen LogP contribution in [0, 0.1) is 0 Å². The van der Waals surface area contributed by atoms with Crippen LogP contribution in [0.2, 0.25) is 0 Å². The summed E-state index contributed by atoms with van der Waals surface area (Å²) in [4.78, 5) is 12.2. The van der Waals surface area contributed by atoms with Crippen molar-refractivity contribution in [3.63, 3.8) is 0 Å². The standard InChI is InChI=1S/C17H14O2/c1-19-15-8-6-12(7-9-15)10-14-11-13-4-2-3-5-16(13)17(14)18/h2-10H,11H2,1H3/b14-10-. The van der Waals surface area contributed by atoms with E-state index in [0.29, 0.717) is 0 Å². The predicted octanol–water partition coefficient (Wildman–Crippen LogP) is 3.52. The van der Waals surface area contributed by atoms with Crippen LogP contribution in [0.1, 0.15) is 21.5 Å². The Bertz CT molecular complexity index is 651. The van der Waals surface area contributed by atoms with E-state index in [9.17, 15) is 4.79 Å². The van der Waals surface area contributed by atoms with Gasteiger partial charge in [0.2, 0.25) is 0 Å². The van der Waals surface area contributed by atoms with E-state index < -0.39 is 0 Å². The molecule has 94 valence electrons. The van der Waals surface area contributed by atoms with Crippen molar-refractivity contribution in [2.24, 2.45) is 0 Å². The first-order valence-electron chi connectivity index (χ1n) is 6.25. The average Bonchev–Trinajstić information content (AvgIpc) is 2.77. The molecule has 0 aliphatic heterocycles. The lowest BCUT2D eigenvalue weighted by Gasteiger charge is -2.00. The van der Waals surface area contributed by atoms with Gasteiger partial charge in [0.15, 0.2) is 5.78 Å². The lowest BCUT2D eigenvalue weighted by molar-refractivity contribution is 0.104. The number of hydrogen-bond donors (Lipinski definition) is 0. The van der Waals surface area contributed by atoms with Crippen LogP contribution in [0.25, 0.3) is 6.08 Å². The highest BCUT2D eigenvalue weighted by Crippen LogP contribution is 2.27. The minimum absolute atomic E-state index is 0.145. The van der Waals surface area contributed by atoms with Gasteiger partial charge in [0.25, 0.3) is 0 Å². The van der Waals surface area contributed by atoms with E-state index in [-0.39, 0.29) is 5.78 Å². The largest absolute Gasteiger partial charge is 0.497 e. The molecule has 0 N–H and O–H groups in total. The van der Waals surface area contributed by atoms with E-state index in [2.05, 4.69) is 0 Å². The van der Waals surface area contributed by atoms with Crippen molar-refractivity contribution in [2.45, 2.75) is 6.42 Å². The van der Waals surface area contributed by atoms with Crippen molar-refractivity contribution in [1.82, 2.24) is 0 Å². The second kappa shape index (κ2) is 4.73. The summed E-state index contributed by atoms with van der Waals surface area (Å²) >= 11 is 0. The summed E-state index contributed by atoms with van der Waals surface area (Å²) in [7, 11) is 1.64. The summed E-state index contributed by atoms with van der Waals surface area (Å²) in [5.74, 6) is 0.967. The van der Waals surface area contributed by atoms with Crippen molar-refractivity contribution in [3.8, 4) is 5.75 Å². The highest BCUT2D eigenvalue weighted by atomic mass is 16.5. The molecular formula is C17H14O2. The summed E-state index contributed by atoms with van der Waals surface area (Å²) < 4.78 is 5.12. The Morgan fingerprint density at radius 2 is 1.79 bits per heavy atom. The Morgan fingerprint density at radius 3 is 2.47 bits per heavy atom. The van der Waals surface area contributed by atoms with Gasteiger partial charge in [0.1, 0.15) is 5.75 Å². The van der Waals surface area contributed by atoms with Gasteiger partial charge in [-0.3, -0.25) is 4.79 Å². The quantitative estimate of drug-likeness (QED) is 0.762. The third kappa shape index (κ3) is 2.17. The zero-order valence-electron chi connectivity index (χ0n) is 10.7. The molecule has 0 fully saturated rings. The molecule has 19 heavy (non-hydrogen) atoms. The van der Waals surface area contributed by atoms with Crippen molar-refractivity contribution < 1.29 is 9.53 Å². The first kappa shape index (κ1) is 11.7. The van der Waals surface area contributed by atoms with Crippen LogP contribution >= 0.6 is 0 Å². The molecular weight excluding hydrogens is 236 g/mol. The van der Waals surface area contributed by atoms with Crippen molar-refractivity contribution in [2.75, 3.05) is 7.11 Å². The molecule has 2 aromatic rings. The van der Waals surface area contributed by atoms with Crippen LogP contribution in [-0.2, 0) is 6.42 Å². The highest BCUT2D eigenvalue weighted by Gasteiger charge is 2.23. The van der Waals surface area contributed by atoms with Crippen molar-refractivity contribution in [3.05, 3.63) is 70.8 Å². The lowest BCUT2D eigenvalue weighted by Crippen LogP contribution is -1.94. The van der Waals surface area contributed by atoms with Gasteiger partial charge in [-0.2, -0.15) is 0 Å². The summed E-state index contributed by atoms with van der Waals surface area (Å²) in [6.07, 6.45) is 2.68. The van der Waals surface area contributed by atoms with Gasteiger partial charge >= 0.3 is 0 Å². The minimum Gasteiger partial charge on any atom is -0.497 e. The number of hydrogen-bond acceptors (Lipinski definition) is 2. The summed E-state index contributed by atoms with van der Waals surface area (Å²) in [5, 5.41) is 0. The Morgan fingerprint density at radius 1 is 1.05 bits per heavy atom. The maximum atomic E-state index is 12.2. The maximum absolute atomic E-state index is 12.2. The van der Waals surface area contributed by atoms with Crippen LogP contribution in [0.15, 0.2) is 54.1 Å². The number of allylic oxidation sites excluding steroid dienone is 1. The third-order valence-corrected chi connectivity index (χ3v) is 3.39. The van der Waals surface area contributed by atoms with Crippen LogP contribution in [0.3, 0.4) is 0 Å². The number of ketones is 1. The topological polar surface area (TPSA) is 26.3 Å². The fourth-order valence-corrected chi connectivity index (χ4v) is 2.37. The first-order valence-corrected chi connectivity index (χ1v) is 6.25. The summed E-state index contributed by atoms with van der Waals surface area (Å²) in [5.41, 5.74) is 3.83. The molecule has 0 spiro atoms. The molecule has 0 bridgehead atoms. The summed E-state index contributed by atoms with van der Waals surface area (Å²) in [6.45, 7) is 0. The molecule has 0 radical (unpaired) electrons. The Kier molecular flexibility index (Phi) is 2.92. The molecule has 2 aromatic carbocycles. The van der Waals surface area contributed by atoms with E-state index in [4.69, 9.17) is 4.74 Å². The molecule has 0 unspecified atom stereocenters. The van der Waals surface area contributed by atoms with Gasteiger partial charge in [-0.05, 0) is 29.3 Å². The number of carbonyl (C=O) groups excluding carboxylic acids is 1. The smallest absolute Gasteiger partial charge is 0.189 e. The van der Waals surface area contributed by atoms with E-state index in [1.54, 1.807) is 7.11 Å². The van der Waals surface area contributed by atoms with Gasteiger partial charge in [-0.1, -0.05) is 36.4 Å². The Hall–Kier alpha value is -2.35. The number of Topliss-reactive ketones (excluding diaryl/α,β-unsaturated/α-hetero) is 1. The maximum Gasteiger partial charge on any atom is 0.189 e. The normalized spacial score (nSPS) is 15.6. The molecule has 3 rings (SSSR count). The Labute approximate surface area is 112 Å². The number of fused-ring (bicyclic) bond motifs is 1. The van der Waals surface area contributed by atoms with Crippen LogP contribution < -0.4 is 4.74 Å². The van der Waals surface area contributed by atoms with Crippen molar-refractivity contribution >= 4 is 11.9 Å². The molecule has 1 aliphatic carbocycles. The van der Waals surface area contributed by atoms with E-state index in [1.807, 2.05) is 54.6 Å². The average molecular weight is 250 g/mol. The van der Waals surface area contributed by atoms with Gasteiger partial charge in [-0.15, -0.1) is 0 Å². The minimum atomic E-state index is 0.145. The monoisotopic (exact) mass is 250 g/mol. The number of ether oxygens (including phenoxy) is 1. The second-order valence-corrected chi connectivity index (χ2v) is 4.61. The first-order chi connectivity index (χ1) is 9.28. The second-order valence-electron chi connectivity index (χ2n) is 4.61. The number of benzene rings is 2. The number of methoxy groups -OCH3 is 1. The fourth-order valence-electron chi connectivity index (χ4n) is 2.37. The Balaban J connectivity index is 1.92. The third-order valence-electron chi connectivity index (χ3n) is 3.39. The highest BCUT2D eigenvalue weighted by molar-refractivity contribution is 6.15.